The van der Waals surface area contributed by atoms with Crippen LogP contribution in [0.5, 0.6) is 5.88 Å². The number of nitrogens with two attached hydrogens (primary N) is 1. The number of anilines is 1. The molecule has 0 aliphatic rings. The first kappa shape index (κ1) is 11.5. The first-order chi connectivity index (χ1) is 7.19. The Morgan fingerprint density at radius 1 is 1.73 bits per heavy atom. The van der Waals surface area contributed by atoms with E-state index >= 15 is 0 Å². The Kier molecular flexibility index (Phi) is 4.05. The zero-order chi connectivity index (χ0) is 11.3. The number of ether oxygens (including phenoxy) is 1. The van der Waals surface area contributed by atoms with Gasteiger partial charge in [0.15, 0.2) is 0 Å². The third-order valence-electron chi connectivity index (χ3n) is 2.00. The molecule has 0 saturated carbocycles. The van der Waals surface area contributed by atoms with E-state index in [9.17, 15) is 4.79 Å². The lowest BCUT2D eigenvalue weighted by atomic mass is 10.2. The third-order valence-corrected chi connectivity index (χ3v) is 2.00. The maximum atomic E-state index is 11.5. The molecule has 0 aliphatic heterocycles. The van der Waals surface area contributed by atoms with Gasteiger partial charge in [-0.25, -0.2) is 4.98 Å². The number of carbonyl (C=O) groups excluding carboxylic acids is 1. The standard InChI is InChI=1S/C10H15N3O2/c1-3-7(11)9(14)13-8-5-4-6-12-10(8)15-2/h4-7H,3,11H2,1-2H3,(H,13,14). The monoisotopic (exact) mass is 209 g/mol. The summed E-state index contributed by atoms with van der Waals surface area (Å²) in [4.78, 5) is 15.4. The van der Waals surface area contributed by atoms with Crippen molar-refractivity contribution in [2.45, 2.75) is 19.4 Å². The van der Waals surface area contributed by atoms with Gasteiger partial charge in [-0.05, 0) is 18.6 Å². The average Bonchev–Trinajstić information content (AvgIpc) is 2.28. The molecule has 1 unspecified atom stereocenters. The van der Waals surface area contributed by atoms with Crippen LogP contribution < -0.4 is 15.8 Å². The fourth-order valence-corrected chi connectivity index (χ4v) is 1.06. The number of hydrogen-bond donors (Lipinski definition) is 2. The second-order valence-electron chi connectivity index (χ2n) is 3.06. The van der Waals surface area contributed by atoms with Gasteiger partial charge in [0, 0.05) is 6.20 Å². The number of rotatable bonds is 4. The summed E-state index contributed by atoms with van der Waals surface area (Å²) < 4.78 is 4.99. The molecule has 0 spiro atoms. The molecule has 0 aliphatic carbocycles. The van der Waals surface area contributed by atoms with Crippen molar-refractivity contribution in [2.24, 2.45) is 5.73 Å². The predicted molar refractivity (Wildman–Crippen MR) is 57.7 cm³/mol. The topological polar surface area (TPSA) is 77.2 Å². The van der Waals surface area contributed by atoms with E-state index in [1.807, 2.05) is 6.92 Å². The van der Waals surface area contributed by atoms with Crippen LogP contribution in [-0.2, 0) is 4.79 Å². The van der Waals surface area contributed by atoms with Gasteiger partial charge in [0.1, 0.15) is 5.69 Å². The van der Waals surface area contributed by atoms with Crippen LogP contribution in [0.1, 0.15) is 13.3 Å². The lowest BCUT2D eigenvalue weighted by molar-refractivity contribution is -0.117. The highest BCUT2D eigenvalue weighted by atomic mass is 16.5. The molecule has 1 aromatic heterocycles. The Morgan fingerprint density at radius 2 is 2.47 bits per heavy atom. The van der Waals surface area contributed by atoms with Gasteiger partial charge >= 0.3 is 0 Å². The molecule has 5 nitrogen and oxygen atoms in total. The van der Waals surface area contributed by atoms with E-state index in [1.165, 1.54) is 7.11 Å². The highest BCUT2D eigenvalue weighted by Crippen LogP contribution is 2.19. The lowest BCUT2D eigenvalue weighted by Crippen LogP contribution is -2.34. The number of nitrogens with one attached hydrogen (secondary N) is 1. The summed E-state index contributed by atoms with van der Waals surface area (Å²) >= 11 is 0. The summed E-state index contributed by atoms with van der Waals surface area (Å²) in [7, 11) is 1.50. The van der Waals surface area contributed by atoms with Gasteiger partial charge in [-0.15, -0.1) is 0 Å². The van der Waals surface area contributed by atoms with Crippen molar-refractivity contribution < 1.29 is 9.53 Å². The smallest absolute Gasteiger partial charge is 0.241 e. The van der Waals surface area contributed by atoms with E-state index in [-0.39, 0.29) is 5.91 Å². The molecule has 82 valence electrons. The number of aromatic nitrogens is 1. The zero-order valence-corrected chi connectivity index (χ0v) is 8.86. The van der Waals surface area contributed by atoms with Crippen LogP contribution in [-0.4, -0.2) is 24.0 Å². The maximum absolute atomic E-state index is 11.5. The molecule has 1 aromatic rings. The predicted octanol–water partition coefficient (Wildman–Crippen LogP) is 0.766. The van der Waals surface area contributed by atoms with Crippen molar-refractivity contribution in [3.8, 4) is 5.88 Å². The molecular formula is C10H15N3O2. The van der Waals surface area contributed by atoms with Crippen LogP contribution in [0, 0.1) is 0 Å². The Balaban J connectivity index is 2.76. The number of hydrogen-bond acceptors (Lipinski definition) is 4. The largest absolute Gasteiger partial charge is 0.480 e. The maximum Gasteiger partial charge on any atom is 0.241 e. The van der Waals surface area contributed by atoms with Crippen molar-refractivity contribution in [2.75, 3.05) is 12.4 Å². The molecule has 3 N–H and O–H groups in total. The summed E-state index contributed by atoms with van der Waals surface area (Å²) in [6.07, 6.45) is 2.18. The summed E-state index contributed by atoms with van der Waals surface area (Å²) in [5.41, 5.74) is 6.12. The Labute approximate surface area is 88.6 Å². The van der Waals surface area contributed by atoms with Gasteiger partial charge < -0.3 is 15.8 Å². The normalized spacial score (nSPS) is 11.9. The molecule has 5 heteroatoms. The molecular weight excluding hydrogens is 194 g/mol. The summed E-state index contributed by atoms with van der Waals surface area (Å²) in [5.74, 6) is 0.151. The van der Waals surface area contributed by atoms with Gasteiger partial charge in [0.05, 0.1) is 13.2 Å². The number of carbonyl (C=O) groups is 1. The molecule has 15 heavy (non-hydrogen) atoms. The lowest BCUT2D eigenvalue weighted by Gasteiger charge is -2.11. The minimum atomic E-state index is -0.505. The number of nitrogens with zero attached hydrogens (tertiary/aromatic N) is 1. The first-order valence-electron chi connectivity index (χ1n) is 4.74. The van der Waals surface area contributed by atoms with Crippen LogP contribution in [0.3, 0.4) is 0 Å². The van der Waals surface area contributed by atoms with Crippen molar-refractivity contribution in [3.63, 3.8) is 0 Å². The van der Waals surface area contributed by atoms with E-state index in [1.54, 1.807) is 18.3 Å². The summed E-state index contributed by atoms with van der Waals surface area (Å²) in [5, 5.41) is 2.66. The molecule has 1 rings (SSSR count). The Bertz CT molecular complexity index is 341. The van der Waals surface area contributed by atoms with E-state index < -0.39 is 6.04 Å². The molecule has 0 saturated heterocycles. The molecule has 0 aromatic carbocycles. The molecule has 1 atom stereocenters. The molecule has 0 bridgehead atoms. The molecule has 0 radical (unpaired) electrons. The fraction of sp³-hybridized carbons (Fsp3) is 0.400. The highest BCUT2D eigenvalue weighted by Gasteiger charge is 2.13. The first-order valence-corrected chi connectivity index (χ1v) is 4.74. The van der Waals surface area contributed by atoms with Gasteiger partial charge in [-0.1, -0.05) is 6.92 Å². The van der Waals surface area contributed by atoms with Crippen molar-refractivity contribution in [1.29, 1.82) is 0 Å². The SMILES string of the molecule is CCC(N)C(=O)Nc1cccnc1OC. The van der Waals surface area contributed by atoms with Gasteiger partial charge in [0.25, 0.3) is 0 Å². The van der Waals surface area contributed by atoms with Crippen LogP contribution in [0.4, 0.5) is 5.69 Å². The van der Waals surface area contributed by atoms with Gasteiger partial charge in [0.2, 0.25) is 11.8 Å². The van der Waals surface area contributed by atoms with Crippen molar-refractivity contribution in [1.82, 2.24) is 4.98 Å². The van der Waals surface area contributed by atoms with Crippen LogP contribution >= 0.6 is 0 Å². The second-order valence-corrected chi connectivity index (χ2v) is 3.06. The van der Waals surface area contributed by atoms with Crippen LogP contribution in [0.15, 0.2) is 18.3 Å². The quantitative estimate of drug-likeness (QED) is 0.767. The van der Waals surface area contributed by atoms with Crippen LogP contribution in [0.25, 0.3) is 0 Å². The third kappa shape index (κ3) is 2.92. The molecule has 1 amide bonds. The van der Waals surface area contributed by atoms with E-state index in [4.69, 9.17) is 10.5 Å². The number of methoxy groups -OCH3 is 1. The molecule has 0 fully saturated rings. The fourth-order valence-electron chi connectivity index (χ4n) is 1.06. The van der Waals surface area contributed by atoms with Crippen molar-refractivity contribution in [3.05, 3.63) is 18.3 Å². The van der Waals surface area contributed by atoms with E-state index in [0.717, 1.165) is 0 Å². The van der Waals surface area contributed by atoms with Gasteiger partial charge in [-0.3, -0.25) is 4.79 Å². The van der Waals surface area contributed by atoms with E-state index in [0.29, 0.717) is 18.0 Å². The Morgan fingerprint density at radius 3 is 3.07 bits per heavy atom. The highest BCUT2D eigenvalue weighted by molar-refractivity contribution is 5.95. The molecule has 1 heterocycles. The summed E-state index contributed by atoms with van der Waals surface area (Å²) in [6, 6.07) is 2.93. The minimum Gasteiger partial charge on any atom is -0.480 e. The van der Waals surface area contributed by atoms with E-state index in [2.05, 4.69) is 10.3 Å². The summed E-state index contributed by atoms with van der Waals surface area (Å²) in [6.45, 7) is 1.85. The number of pyridine rings is 1. The minimum absolute atomic E-state index is 0.233. The Hall–Kier alpha value is -1.62. The zero-order valence-electron chi connectivity index (χ0n) is 8.86. The average molecular weight is 209 g/mol. The van der Waals surface area contributed by atoms with Crippen molar-refractivity contribution >= 4 is 11.6 Å². The number of amides is 1. The second kappa shape index (κ2) is 5.31. The van der Waals surface area contributed by atoms with Gasteiger partial charge in [-0.2, -0.15) is 0 Å². The van der Waals surface area contributed by atoms with Crippen LogP contribution in [0.2, 0.25) is 0 Å².